The van der Waals surface area contributed by atoms with Gasteiger partial charge in [-0.3, -0.25) is 0 Å². The summed E-state index contributed by atoms with van der Waals surface area (Å²) in [5, 5.41) is 3.41. The average Bonchev–Trinajstić information content (AvgIpc) is 2.58. The molecule has 2 nitrogen and oxygen atoms in total. The lowest BCUT2D eigenvalue weighted by Crippen LogP contribution is -2.18. The molecule has 0 radical (unpaired) electrons. The van der Waals surface area contributed by atoms with Crippen LogP contribution in [0.15, 0.2) is 15.9 Å². The third-order valence-electron chi connectivity index (χ3n) is 1.98. The maximum absolute atomic E-state index is 5.41. The van der Waals surface area contributed by atoms with Crippen molar-refractivity contribution in [2.24, 2.45) is 5.73 Å². The Morgan fingerprint density at radius 1 is 1.29 bits per heavy atom. The van der Waals surface area contributed by atoms with Gasteiger partial charge in [0.15, 0.2) is 0 Å². The largest absolute Gasteiger partial charge is 0.330 e. The van der Waals surface area contributed by atoms with Crippen LogP contribution in [0.1, 0.15) is 17.7 Å². The van der Waals surface area contributed by atoms with Gasteiger partial charge < -0.3 is 11.1 Å². The summed E-state index contributed by atoms with van der Waals surface area (Å²) in [5.41, 5.74) is 5.41. The van der Waals surface area contributed by atoms with Crippen LogP contribution < -0.4 is 11.1 Å². The number of unbranched alkanes of at least 4 members (excludes halogenated alkanes) is 1. The quantitative estimate of drug-likeness (QED) is 0.751. The first-order valence-corrected chi connectivity index (χ1v) is 6.59. The number of nitrogens with one attached hydrogen (secondary N) is 1. The normalized spacial score (nSPS) is 10.7. The molecular weight excluding hydrogens is 260 g/mol. The van der Waals surface area contributed by atoms with E-state index in [1.807, 2.05) is 11.3 Å². The Hall–Kier alpha value is 0.1000. The second-order valence-electron chi connectivity index (χ2n) is 3.20. The van der Waals surface area contributed by atoms with Gasteiger partial charge in [-0.05, 0) is 67.0 Å². The van der Waals surface area contributed by atoms with E-state index in [0.29, 0.717) is 0 Å². The highest BCUT2D eigenvalue weighted by atomic mass is 79.9. The Balaban J connectivity index is 1.99. The smallest absolute Gasteiger partial charge is 0.0701 e. The Labute approximate surface area is 98.0 Å². The standard InChI is InChI=1S/C10H17BrN2S/c11-10-4-3-9(14-10)5-8-13-7-2-1-6-12/h3-4,13H,1-2,5-8,12H2. The summed E-state index contributed by atoms with van der Waals surface area (Å²) in [5.74, 6) is 0. The molecule has 0 amide bonds. The molecule has 14 heavy (non-hydrogen) atoms. The number of thiophene rings is 1. The molecule has 4 heteroatoms. The fourth-order valence-electron chi connectivity index (χ4n) is 1.22. The molecule has 0 saturated heterocycles. The minimum Gasteiger partial charge on any atom is -0.330 e. The van der Waals surface area contributed by atoms with Crippen molar-refractivity contribution in [2.75, 3.05) is 19.6 Å². The summed E-state index contributed by atoms with van der Waals surface area (Å²) in [6, 6.07) is 4.28. The summed E-state index contributed by atoms with van der Waals surface area (Å²) >= 11 is 5.27. The van der Waals surface area contributed by atoms with Crippen LogP contribution >= 0.6 is 27.3 Å². The lowest BCUT2D eigenvalue weighted by Gasteiger charge is -2.02. The van der Waals surface area contributed by atoms with Crippen molar-refractivity contribution in [2.45, 2.75) is 19.3 Å². The van der Waals surface area contributed by atoms with Crippen LogP contribution in [-0.2, 0) is 6.42 Å². The molecule has 0 aliphatic rings. The minimum atomic E-state index is 0.805. The molecule has 0 aliphatic heterocycles. The van der Waals surface area contributed by atoms with E-state index in [1.165, 1.54) is 15.1 Å². The molecule has 0 atom stereocenters. The number of rotatable bonds is 7. The van der Waals surface area contributed by atoms with E-state index < -0.39 is 0 Å². The van der Waals surface area contributed by atoms with E-state index in [9.17, 15) is 0 Å². The number of hydrogen-bond acceptors (Lipinski definition) is 3. The molecule has 1 rings (SSSR count). The van der Waals surface area contributed by atoms with Gasteiger partial charge in [0.25, 0.3) is 0 Å². The van der Waals surface area contributed by atoms with Crippen molar-refractivity contribution in [3.63, 3.8) is 0 Å². The predicted molar refractivity (Wildman–Crippen MR) is 66.9 cm³/mol. The average molecular weight is 277 g/mol. The van der Waals surface area contributed by atoms with Crippen molar-refractivity contribution in [1.29, 1.82) is 0 Å². The molecule has 0 spiro atoms. The molecule has 1 aromatic heterocycles. The summed E-state index contributed by atoms with van der Waals surface area (Å²) in [6.45, 7) is 2.96. The molecule has 1 aromatic rings. The van der Waals surface area contributed by atoms with Gasteiger partial charge in [-0.25, -0.2) is 0 Å². The lowest BCUT2D eigenvalue weighted by atomic mass is 10.3. The molecule has 0 aliphatic carbocycles. The van der Waals surface area contributed by atoms with Gasteiger partial charge in [0.2, 0.25) is 0 Å². The molecule has 3 N–H and O–H groups in total. The van der Waals surface area contributed by atoms with Crippen LogP contribution in [0.25, 0.3) is 0 Å². The van der Waals surface area contributed by atoms with Crippen molar-refractivity contribution >= 4 is 27.3 Å². The van der Waals surface area contributed by atoms with Gasteiger partial charge >= 0.3 is 0 Å². The van der Waals surface area contributed by atoms with E-state index in [0.717, 1.165) is 32.5 Å². The molecule has 0 fully saturated rings. The summed E-state index contributed by atoms with van der Waals surface area (Å²) in [4.78, 5) is 1.43. The van der Waals surface area contributed by atoms with Crippen LogP contribution in [0.2, 0.25) is 0 Å². The number of halogens is 1. The van der Waals surface area contributed by atoms with Crippen LogP contribution in [0.5, 0.6) is 0 Å². The van der Waals surface area contributed by atoms with E-state index >= 15 is 0 Å². The van der Waals surface area contributed by atoms with E-state index in [4.69, 9.17) is 5.73 Å². The molecule has 0 saturated carbocycles. The zero-order chi connectivity index (χ0) is 10.2. The Morgan fingerprint density at radius 2 is 2.14 bits per heavy atom. The highest BCUT2D eigenvalue weighted by molar-refractivity contribution is 9.11. The highest BCUT2D eigenvalue weighted by Crippen LogP contribution is 2.21. The van der Waals surface area contributed by atoms with Crippen molar-refractivity contribution < 1.29 is 0 Å². The molecular formula is C10H17BrN2S. The lowest BCUT2D eigenvalue weighted by molar-refractivity contribution is 0.629. The Kier molecular flexibility index (Phi) is 6.43. The van der Waals surface area contributed by atoms with Gasteiger partial charge in [-0.1, -0.05) is 0 Å². The maximum atomic E-state index is 5.41. The summed E-state index contributed by atoms with van der Waals surface area (Å²) < 4.78 is 1.22. The third-order valence-corrected chi connectivity index (χ3v) is 3.67. The number of nitrogens with two attached hydrogens (primary N) is 1. The van der Waals surface area contributed by atoms with Crippen molar-refractivity contribution in [3.05, 3.63) is 20.8 Å². The van der Waals surface area contributed by atoms with Crippen molar-refractivity contribution in [1.82, 2.24) is 5.32 Å². The van der Waals surface area contributed by atoms with Gasteiger partial charge in [-0.15, -0.1) is 11.3 Å². The van der Waals surface area contributed by atoms with E-state index in [1.54, 1.807) is 0 Å². The van der Waals surface area contributed by atoms with E-state index in [2.05, 4.69) is 33.4 Å². The maximum Gasteiger partial charge on any atom is 0.0701 e. The number of hydrogen-bond donors (Lipinski definition) is 2. The molecule has 0 aromatic carbocycles. The van der Waals surface area contributed by atoms with Crippen LogP contribution in [0.3, 0.4) is 0 Å². The first-order chi connectivity index (χ1) is 6.83. The van der Waals surface area contributed by atoms with Gasteiger partial charge in [0.05, 0.1) is 3.79 Å². The second kappa shape index (κ2) is 7.40. The van der Waals surface area contributed by atoms with E-state index in [-0.39, 0.29) is 0 Å². The molecule has 1 heterocycles. The van der Waals surface area contributed by atoms with Crippen LogP contribution in [0.4, 0.5) is 0 Å². The highest BCUT2D eigenvalue weighted by Gasteiger charge is 1.96. The predicted octanol–water partition coefficient (Wildman–Crippen LogP) is 2.38. The fraction of sp³-hybridized carbons (Fsp3) is 0.600. The van der Waals surface area contributed by atoms with Crippen LogP contribution in [-0.4, -0.2) is 19.6 Å². The fourth-order valence-corrected chi connectivity index (χ4v) is 2.70. The van der Waals surface area contributed by atoms with Gasteiger partial charge in [-0.2, -0.15) is 0 Å². The van der Waals surface area contributed by atoms with Crippen molar-refractivity contribution in [3.8, 4) is 0 Å². The summed E-state index contributed by atoms with van der Waals surface area (Å²) in [6.07, 6.45) is 3.43. The third kappa shape index (κ3) is 5.10. The molecule has 0 unspecified atom stereocenters. The Morgan fingerprint density at radius 3 is 2.79 bits per heavy atom. The second-order valence-corrected chi connectivity index (χ2v) is 5.75. The molecule has 0 bridgehead atoms. The van der Waals surface area contributed by atoms with Crippen LogP contribution in [0, 0.1) is 0 Å². The zero-order valence-corrected chi connectivity index (χ0v) is 10.7. The SMILES string of the molecule is NCCCCNCCc1ccc(Br)s1. The minimum absolute atomic E-state index is 0.805. The van der Waals surface area contributed by atoms with Gasteiger partial charge in [0, 0.05) is 4.88 Å². The monoisotopic (exact) mass is 276 g/mol. The summed E-state index contributed by atoms with van der Waals surface area (Å²) in [7, 11) is 0. The van der Waals surface area contributed by atoms with Gasteiger partial charge in [0.1, 0.15) is 0 Å². The Bertz CT molecular complexity index is 250. The first kappa shape index (κ1) is 12.2. The first-order valence-electron chi connectivity index (χ1n) is 4.98. The molecule has 80 valence electrons. The topological polar surface area (TPSA) is 38.0 Å². The zero-order valence-electron chi connectivity index (χ0n) is 8.26.